The number of nitrogens with zero attached hydrogens (tertiary/aromatic N) is 1. The first-order valence-electron chi connectivity index (χ1n) is 6.17. The van der Waals surface area contributed by atoms with Gasteiger partial charge in [-0.15, -0.1) is 0 Å². The lowest BCUT2D eigenvalue weighted by atomic mass is 9.94. The summed E-state index contributed by atoms with van der Waals surface area (Å²) in [5, 5.41) is 3.53. The zero-order valence-electron chi connectivity index (χ0n) is 10.5. The van der Waals surface area contributed by atoms with Gasteiger partial charge in [-0.25, -0.2) is 0 Å². The van der Waals surface area contributed by atoms with Gasteiger partial charge in [-0.05, 0) is 24.6 Å². The molecule has 1 aliphatic heterocycles. The number of hydrogen-bond acceptors (Lipinski definition) is 2. The highest BCUT2D eigenvalue weighted by molar-refractivity contribution is 5.30. The molecule has 0 saturated carbocycles. The third-order valence-corrected chi connectivity index (χ3v) is 3.38. The van der Waals surface area contributed by atoms with Crippen molar-refractivity contribution in [3.05, 3.63) is 35.4 Å². The molecule has 2 heteroatoms. The largest absolute Gasteiger partial charge is 0.313 e. The van der Waals surface area contributed by atoms with Gasteiger partial charge in [-0.3, -0.25) is 4.90 Å². The van der Waals surface area contributed by atoms with E-state index in [4.69, 9.17) is 0 Å². The fourth-order valence-corrected chi connectivity index (χ4v) is 2.32. The summed E-state index contributed by atoms with van der Waals surface area (Å²) >= 11 is 0. The predicted octanol–water partition coefficient (Wildman–Crippen LogP) is 2.04. The van der Waals surface area contributed by atoms with Crippen LogP contribution in [0.15, 0.2) is 24.3 Å². The first kappa shape index (κ1) is 11.6. The molecule has 0 spiro atoms. The monoisotopic (exact) mass is 218 g/mol. The van der Waals surface area contributed by atoms with Gasteiger partial charge < -0.3 is 5.32 Å². The van der Waals surface area contributed by atoms with E-state index in [1.807, 2.05) is 0 Å². The molecule has 1 N–H and O–H groups in total. The molecule has 16 heavy (non-hydrogen) atoms. The number of likely N-dealkylation sites (N-methyl/N-ethyl adjacent to an activating group) is 1. The highest BCUT2D eigenvalue weighted by Crippen LogP contribution is 2.21. The SMILES string of the molecule is CC(C)NCC1Cc2ccccc2CN1C. The quantitative estimate of drug-likeness (QED) is 0.835. The number of hydrogen-bond donors (Lipinski definition) is 1. The Morgan fingerprint density at radius 1 is 1.31 bits per heavy atom. The zero-order valence-corrected chi connectivity index (χ0v) is 10.5. The van der Waals surface area contributed by atoms with Crippen LogP contribution in [0.5, 0.6) is 0 Å². The molecule has 1 unspecified atom stereocenters. The van der Waals surface area contributed by atoms with E-state index in [2.05, 4.69) is 55.4 Å². The lowest BCUT2D eigenvalue weighted by Crippen LogP contribution is -2.45. The van der Waals surface area contributed by atoms with Crippen LogP contribution >= 0.6 is 0 Å². The van der Waals surface area contributed by atoms with Crippen molar-refractivity contribution in [1.82, 2.24) is 10.2 Å². The van der Waals surface area contributed by atoms with Crippen molar-refractivity contribution in [3.63, 3.8) is 0 Å². The summed E-state index contributed by atoms with van der Waals surface area (Å²) < 4.78 is 0. The van der Waals surface area contributed by atoms with Crippen molar-refractivity contribution in [3.8, 4) is 0 Å². The Morgan fingerprint density at radius 2 is 2.00 bits per heavy atom. The van der Waals surface area contributed by atoms with Crippen LogP contribution < -0.4 is 5.32 Å². The summed E-state index contributed by atoms with van der Waals surface area (Å²) in [6.45, 7) is 6.58. The molecule has 0 aromatic heterocycles. The molecule has 2 nitrogen and oxygen atoms in total. The molecule has 0 amide bonds. The van der Waals surface area contributed by atoms with E-state index in [0.29, 0.717) is 12.1 Å². The maximum atomic E-state index is 3.53. The molecule has 0 radical (unpaired) electrons. The summed E-state index contributed by atoms with van der Waals surface area (Å²) in [6, 6.07) is 10.0. The van der Waals surface area contributed by atoms with Gasteiger partial charge in [0, 0.05) is 25.2 Å². The van der Waals surface area contributed by atoms with Crippen molar-refractivity contribution < 1.29 is 0 Å². The van der Waals surface area contributed by atoms with Gasteiger partial charge in [0.25, 0.3) is 0 Å². The van der Waals surface area contributed by atoms with E-state index in [1.54, 1.807) is 0 Å². The molecule has 2 rings (SSSR count). The van der Waals surface area contributed by atoms with Gasteiger partial charge in [-0.2, -0.15) is 0 Å². The Morgan fingerprint density at radius 3 is 2.69 bits per heavy atom. The lowest BCUT2D eigenvalue weighted by Gasteiger charge is -2.34. The van der Waals surface area contributed by atoms with E-state index in [9.17, 15) is 0 Å². The van der Waals surface area contributed by atoms with E-state index in [1.165, 1.54) is 17.5 Å². The molecule has 1 aromatic carbocycles. The van der Waals surface area contributed by atoms with Crippen LogP contribution in [0.3, 0.4) is 0 Å². The van der Waals surface area contributed by atoms with Gasteiger partial charge >= 0.3 is 0 Å². The molecular formula is C14H22N2. The third-order valence-electron chi connectivity index (χ3n) is 3.38. The molecule has 1 aromatic rings. The first-order chi connectivity index (χ1) is 7.66. The van der Waals surface area contributed by atoms with E-state index in [-0.39, 0.29) is 0 Å². The second kappa shape index (κ2) is 4.98. The van der Waals surface area contributed by atoms with Crippen molar-refractivity contribution in [1.29, 1.82) is 0 Å². The topological polar surface area (TPSA) is 15.3 Å². The highest BCUT2D eigenvalue weighted by Gasteiger charge is 2.22. The Bertz CT molecular complexity index is 346. The average Bonchev–Trinajstić information content (AvgIpc) is 2.26. The molecule has 0 fully saturated rings. The molecule has 1 atom stereocenters. The Hall–Kier alpha value is -0.860. The minimum absolute atomic E-state index is 0.575. The zero-order chi connectivity index (χ0) is 11.5. The predicted molar refractivity (Wildman–Crippen MR) is 68.5 cm³/mol. The average molecular weight is 218 g/mol. The Balaban J connectivity index is 2.03. The molecule has 1 heterocycles. The van der Waals surface area contributed by atoms with Crippen LogP contribution in [-0.2, 0) is 13.0 Å². The van der Waals surface area contributed by atoms with Crippen molar-refractivity contribution >= 4 is 0 Å². The molecular weight excluding hydrogens is 196 g/mol. The van der Waals surface area contributed by atoms with Gasteiger partial charge in [0.2, 0.25) is 0 Å². The minimum Gasteiger partial charge on any atom is -0.313 e. The van der Waals surface area contributed by atoms with Gasteiger partial charge in [0.1, 0.15) is 0 Å². The first-order valence-corrected chi connectivity index (χ1v) is 6.17. The fraction of sp³-hybridized carbons (Fsp3) is 0.571. The third kappa shape index (κ3) is 2.63. The smallest absolute Gasteiger partial charge is 0.0261 e. The van der Waals surface area contributed by atoms with Crippen LogP contribution in [0, 0.1) is 0 Å². The maximum Gasteiger partial charge on any atom is 0.0261 e. The van der Waals surface area contributed by atoms with E-state index in [0.717, 1.165) is 13.1 Å². The molecule has 0 saturated heterocycles. The normalized spacial score (nSPS) is 21.1. The molecule has 88 valence electrons. The fourth-order valence-electron chi connectivity index (χ4n) is 2.32. The van der Waals surface area contributed by atoms with Crippen LogP contribution in [0.4, 0.5) is 0 Å². The lowest BCUT2D eigenvalue weighted by molar-refractivity contribution is 0.207. The number of benzene rings is 1. The summed E-state index contributed by atoms with van der Waals surface area (Å²) in [7, 11) is 2.22. The summed E-state index contributed by atoms with van der Waals surface area (Å²) in [6.07, 6.45) is 1.17. The van der Waals surface area contributed by atoms with Crippen LogP contribution in [0.25, 0.3) is 0 Å². The van der Waals surface area contributed by atoms with Gasteiger partial charge in [0.15, 0.2) is 0 Å². The second-order valence-corrected chi connectivity index (χ2v) is 5.10. The van der Waals surface area contributed by atoms with Crippen LogP contribution in [-0.4, -0.2) is 30.6 Å². The maximum absolute atomic E-state index is 3.53. The van der Waals surface area contributed by atoms with Crippen molar-refractivity contribution in [2.75, 3.05) is 13.6 Å². The van der Waals surface area contributed by atoms with Crippen molar-refractivity contribution in [2.45, 2.75) is 38.9 Å². The van der Waals surface area contributed by atoms with Gasteiger partial charge in [-0.1, -0.05) is 38.1 Å². The minimum atomic E-state index is 0.575. The highest BCUT2D eigenvalue weighted by atomic mass is 15.2. The number of nitrogens with one attached hydrogen (secondary N) is 1. The standard InChI is InChI=1S/C14H22N2/c1-11(2)15-9-14-8-12-6-4-5-7-13(12)10-16(14)3/h4-7,11,14-15H,8-10H2,1-3H3. The van der Waals surface area contributed by atoms with E-state index < -0.39 is 0 Å². The van der Waals surface area contributed by atoms with Crippen LogP contribution in [0.2, 0.25) is 0 Å². The molecule has 1 aliphatic rings. The summed E-state index contributed by atoms with van der Waals surface area (Å²) in [5.74, 6) is 0. The number of rotatable bonds is 3. The Kier molecular flexibility index (Phi) is 3.62. The molecule has 0 bridgehead atoms. The number of fused-ring (bicyclic) bond motifs is 1. The second-order valence-electron chi connectivity index (χ2n) is 5.10. The Labute approximate surface area is 98.7 Å². The van der Waals surface area contributed by atoms with Crippen LogP contribution in [0.1, 0.15) is 25.0 Å². The van der Waals surface area contributed by atoms with Crippen molar-refractivity contribution in [2.24, 2.45) is 0 Å². The molecule has 0 aliphatic carbocycles. The van der Waals surface area contributed by atoms with Gasteiger partial charge in [0.05, 0.1) is 0 Å². The summed E-state index contributed by atoms with van der Waals surface area (Å²) in [4.78, 5) is 2.46. The van der Waals surface area contributed by atoms with E-state index >= 15 is 0 Å². The summed E-state index contributed by atoms with van der Waals surface area (Å²) in [5.41, 5.74) is 3.02.